The quantitative estimate of drug-likeness (QED) is 0.415. The highest BCUT2D eigenvalue weighted by atomic mass is 16.1. The summed E-state index contributed by atoms with van der Waals surface area (Å²) in [5.74, 6) is 0. The van der Waals surface area contributed by atoms with Gasteiger partial charge in [-0.05, 0) is 5.57 Å². The monoisotopic (exact) mass is 111 g/mol. The Labute approximate surface area is 48.9 Å². The van der Waals surface area contributed by atoms with E-state index in [2.05, 4.69) is 18.5 Å². The maximum atomic E-state index is 9.64. The predicted molar refractivity (Wildman–Crippen MR) is 33.4 cm³/mol. The molecule has 2 heteroatoms. The number of hydrogen-bond donors (Lipinski definition) is 1. The Morgan fingerprint density at radius 3 is 2.75 bits per heavy atom. The van der Waals surface area contributed by atoms with Crippen LogP contribution in [0.2, 0.25) is 0 Å². The van der Waals surface area contributed by atoms with Crippen LogP contribution in [0, 0.1) is 0 Å². The van der Waals surface area contributed by atoms with Crippen LogP contribution in [0.3, 0.4) is 0 Å². The van der Waals surface area contributed by atoms with Gasteiger partial charge in [-0.1, -0.05) is 19.2 Å². The number of carbonyl (C=O) groups is 1. The lowest BCUT2D eigenvalue weighted by molar-refractivity contribution is -0.109. The van der Waals surface area contributed by atoms with Crippen molar-refractivity contribution in [2.75, 3.05) is 6.54 Å². The first-order chi connectivity index (χ1) is 3.81. The summed E-state index contributed by atoms with van der Waals surface area (Å²) in [5.41, 5.74) is 0.817. The van der Waals surface area contributed by atoms with E-state index in [1.54, 1.807) is 6.08 Å². The van der Waals surface area contributed by atoms with Crippen LogP contribution in [0.15, 0.2) is 24.8 Å². The average Bonchev–Trinajstić information content (AvgIpc) is 1.83. The van der Waals surface area contributed by atoms with Gasteiger partial charge < -0.3 is 5.32 Å². The van der Waals surface area contributed by atoms with Gasteiger partial charge in [0, 0.05) is 6.54 Å². The first-order valence-corrected chi connectivity index (χ1v) is 2.28. The van der Waals surface area contributed by atoms with E-state index >= 15 is 0 Å². The molecule has 0 aromatic rings. The van der Waals surface area contributed by atoms with Crippen molar-refractivity contribution in [3.63, 3.8) is 0 Å². The Balaban J connectivity index is 3.24. The molecular weight excluding hydrogens is 102 g/mol. The Kier molecular flexibility index (Phi) is 3.58. The van der Waals surface area contributed by atoms with Crippen molar-refractivity contribution < 1.29 is 4.79 Å². The first-order valence-electron chi connectivity index (χ1n) is 2.28. The molecule has 1 amide bonds. The summed E-state index contributed by atoms with van der Waals surface area (Å²) in [7, 11) is 0. The molecule has 0 aliphatic heterocycles. The smallest absolute Gasteiger partial charge is 0.207 e. The van der Waals surface area contributed by atoms with Crippen LogP contribution in [0.5, 0.6) is 0 Å². The molecule has 44 valence electrons. The molecule has 0 saturated heterocycles. The van der Waals surface area contributed by atoms with Crippen LogP contribution >= 0.6 is 0 Å². The molecule has 0 fully saturated rings. The second-order valence-corrected chi connectivity index (χ2v) is 1.36. The van der Waals surface area contributed by atoms with Crippen LogP contribution in [0.4, 0.5) is 0 Å². The molecule has 0 aromatic heterocycles. The highest BCUT2D eigenvalue weighted by Gasteiger charge is 1.80. The third-order valence-corrected chi connectivity index (χ3v) is 0.701. The second kappa shape index (κ2) is 4.12. The summed E-state index contributed by atoms with van der Waals surface area (Å²) in [4.78, 5) is 9.64. The van der Waals surface area contributed by atoms with Crippen LogP contribution < -0.4 is 5.32 Å². The van der Waals surface area contributed by atoms with E-state index in [-0.39, 0.29) is 0 Å². The highest BCUT2D eigenvalue weighted by Crippen LogP contribution is 1.83. The third-order valence-electron chi connectivity index (χ3n) is 0.701. The molecule has 0 rings (SSSR count). The van der Waals surface area contributed by atoms with Crippen molar-refractivity contribution in [2.24, 2.45) is 0 Å². The second-order valence-electron chi connectivity index (χ2n) is 1.36. The summed E-state index contributed by atoms with van der Waals surface area (Å²) < 4.78 is 0. The van der Waals surface area contributed by atoms with E-state index in [0.717, 1.165) is 5.57 Å². The predicted octanol–water partition coefficient (Wildman–Crippen LogP) is 0.475. The SMILES string of the molecule is C=CC(=C)CNC=O. The fourth-order valence-corrected chi connectivity index (χ4v) is 0.245. The minimum Gasteiger partial charge on any atom is -0.355 e. The maximum Gasteiger partial charge on any atom is 0.207 e. The Morgan fingerprint density at radius 1 is 1.75 bits per heavy atom. The number of rotatable bonds is 4. The van der Waals surface area contributed by atoms with Crippen molar-refractivity contribution in [1.82, 2.24) is 5.32 Å². The summed E-state index contributed by atoms with van der Waals surface area (Å²) in [6.07, 6.45) is 2.24. The zero-order chi connectivity index (χ0) is 6.41. The molecule has 0 unspecified atom stereocenters. The fourth-order valence-electron chi connectivity index (χ4n) is 0.245. The molecule has 8 heavy (non-hydrogen) atoms. The van der Waals surface area contributed by atoms with Crippen molar-refractivity contribution in [3.05, 3.63) is 24.8 Å². The van der Waals surface area contributed by atoms with Gasteiger partial charge in [0.2, 0.25) is 6.41 Å². The summed E-state index contributed by atoms with van der Waals surface area (Å²) in [5, 5.41) is 2.45. The van der Waals surface area contributed by atoms with Gasteiger partial charge in [-0.15, -0.1) is 0 Å². The van der Waals surface area contributed by atoms with E-state index in [4.69, 9.17) is 0 Å². The fraction of sp³-hybridized carbons (Fsp3) is 0.167. The van der Waals surface area contributed by atoms with Crippen LogP contribution in [0.1, 0.15) is 0 Å². The Bertz CT molecular complexity index is 107. The zero-order valence-corrected chi connectivity index (χ0v) is 4.68. The van der Waals surface area contributed by atoms with Gasteiger partial charge in [0.25, 0.3) is 0 Å². The number of nitrogens with one attached hydrogen (secondary N) is 1. The largest absolute Gasteiger partial charge is 0.355 e. The topological polar surface area (TPSA) is 29.1 Å². The van der Waals surface area contributed by atoms with E-state index in [0.29, 0.717) is 13.0 Å². The van der Waals surface area contributed by atoms with E-state index in [1.165, 1.54) is 0 Å². The lowest BCUT2D eigenvalue weighted by Crippen LogP contribution is -2.12. The molecule has 0 aliphatic carbocycles. The molecule has 1 N–H and O–H groups in total. The molecule has 0 atom stereocenters. The summed E-state index contributed by atoms with van der Waals surface area (Å²) in [6.45, 7) is 7.52. The maximum absolute atomic E-state index is 9.64. The Hall–Kier alpha value is -1.05. The van der Waals surface area contributed by atoms with Crippen molar-refractivity contribution in [3.8, 4) is 0 Å². The summed E-state index contributed by atoms with van der Waals surface area (Å²) >= 11 is 0. The van der Waals surface area contributed by atoms with Gasteiger partial charge in [0.15, 0.2) is 0 Å². The first kappa shape index (κ1) is 6.95. The van der Waals surface area contributed by atoms with Gasteiger partial charge in [-0.2, -0.15) is 0 Å². The van der Waals surface area contributed by atoms with Crippen LogP contribution in [-0.2, 0) is 4.79 Å². The van der Waals surface area contributed by atoms with Gasteiger partial charge >= 0.3 is 0 Å². The van der Waals surface area contributed by atoms with Crippen LogP contribution in [-0.4, -0.2) is 13.0 Å². The van der Waals surface area contributed by atoms with E-state index in [9.17, 15) is 4.79 Å². The molecule has 0 radical (unpaired) electrons. The molecule has 0 bridgehead atoms. The molecular formula is C6H9NO. The molecule has 0 saturated carbocycles. The minimum atomic E-state index is 0.493. The molecule has 0 spiro atoms. The summed E-state index contributed by atoms with van der Waals surface area (Å²) in [6, 6.07) is 0. The lowest BCUT2D eigenvalue weighted by Gasteiger charge is -1.93. The van der Waals surface area contributed by atoms with Crippen molar-refractivity contribution >= 4 is 6.41 Å². The third kappa shape index (κ3) is 3.15. The van der Waals surface area contributed by atoms with Gasteiger partial charge in [0.1, 0.15) is 0 Å². The van der Waals surface area contributed by atoms with Gasteiger partial charge in [0.05, 0.1) is 0 Å². The van der Waals surface area contributed by atoms with Gasteiger partial charge in [-0.25, -0.2) is 0 Å². The minimum absolute atomic E-state index is 0.493. The molecule has 0 aromatic carbocycles. The number of carbonyl (C=O) groups excluding carboxylic acids is 1. The van der Waals surface area contributed by atoms with E-state index < -0.39 is 0 Å². The van der Waals surface area contributed by atoms with E-state index in [1.807, 2.05) is 0 Å². The standard InChI is InChI=1S/C6H9NO/c1-3-6(2)4-7-5-8/h3,5H,1-2,4H2,(H,7,8). The van der Waals surface area contributed by atoms with Crippen molar-refractivity contribution in [1.29, 1.82) is 0 Å². The Morgan fingerprint density at radius 2 is 2.38 bits per heavy atom. The zero-order valence-electron chi connectivity index (χ0n) is 4.68. The van der Waals surface area contributed by atoms with Gasteiger partial charge in [-0.3, -0.25) is 4.79 Å². The number of amides is 1. The van der Waals surface area contributed by atoms with Crippen LogP contribution in [0.25, 0.3) is 0 Å². The molecule has 0 heterocycles. The highest BCUT2D eigenvalue weighted by molar-refractivity contribution is 5.47. The average molecular weight is 111 g/mol. The normalized spacial score (nSPS) is 7.50. The number of hydrogen-bond acceptors (Lipinski definition) is 1. The molecule has 0 aliphatic rings. The van der Waals surface area contributed by atoms with Crippen molar-refractivity contribution in [2.45, 2.75) is 0 Å². The molecule has 2 nitrogen and oxygen atoms in total. The lowest BCUT2D eigenvalue weighted by atomic mass is 10.3.